The monoisotopic (exact) mass is 402 g/mol. The molecular formula is C21H26N2O4S. The SMILES string of the molecule is CCNS(=O)(=O)c1ccc(C)c(C(=O)N(Cc2ccc(OC)cc2)C2CC2)c1. The molecule has 2 aromatic carbocycles. The Morgan fingerprint density at radius 3 is 2.43 bits per heavy atom. The van der Waals surface area contributed by atoms with Crippen molar-refractivity contribution in [3.63, 3.8) is 0 Å². The predicted octanol–water partition coefficient (Wildman–Crippen LogP) is 3.11. The molecule has 1 fully saturated rings. The van der Waals surface area contributed by atoms with Crippen LogP contribution in [0.5, 0.6) is 5.75 Å². The summed E-state index contributed by atoms with van der Waals surface area (Å²) in [5.41, 5.74) is 2.20. The lowest BCUT2D eigenvalue weighted by molar-refractivity contribution is 0.0729. The van der Waals surface area contributed by atoms with Crippen LogP contribution in [0.15, 0.2) is 47.4 Å². The van der Waals surface area contributed by atoms with Crippen molar-refractivity contribution in [1.82, 2.24) is 9.62 Å². The van der Waals surface area contributed by atoms with Gasteiger partial charge in [0.05, 0.1) is 12.0 Å². The van der Waals surface area contributed by atoms with Gasteiger partial charge in [-0.2, -0.15) is 0 Å². The van der Waals surface area contributed by atoms with Crippen molar-refractivity contribution in [1.29, 1.82) is 0 Å². The average molecular weight is 403 g/mol. The standard InChI is InChI=1S/C21H26N2O4S/c1-4-22-28(25,26)19-12-5-15(2)20(13-19)21(24)23(17-8-9-17)14-16-6-10-18(27-3)11-7-16/h5-7,10-13,17,22H,4,8-9,14H2,1-3H3. The Hall–Kier alpha value is -2.38. The highest BCUT2D eigenvalue weighted by Crippen LogP contribution is 2.31. The topological polar surface area (TPSA) is 75.7 Å². The van der Waals surface area contributed by atoms with Gasteiger partial charge in [-0.05, 0) is 55.2 Å². The Kier molecular flexibility index (Phi) is 6.05. The number of hydrogen-bond donors (Lipinski definition) is 1. The van der Waals surface area contributed by atoms with Crippen LogP contribution in [-0.2, 0) is 16.6 Å². The van der Waals surface area contributed by atoms with E-state index in [-0.39, 0.29) is 16.8 Å². The molecule has 1 N–H and O–H groups in total. The Morgan fingerprint density at radius 2 is 1.86 bits per heavy atom. The molecule has 0 spiro atoms. The van der Waals surface area contributed by atoms with Crippen molar-refractivity contribution >= 4 is 15.9 Å². The van der Waals surface area contributed by atoms with Gasteiger partial charge in [-0.1, -0.05) is 25.1 Å². The number of nitrogens with one attached hydrogen (secondary N) is 1. The Balaban J connectivity index is 1.89. The molecule has 7 heteroatoms. The van der Waals surface area contributed by atoms with E-state index in [4.69, 9.17) is 4.74 Å². The maximum Gasteiger partial charge on any atom is 0.254 e. The fraction of sp³-hybridized carbons (Fsp3) is 0.381. The zero-order valence-corrected chi connectivity index (χ0v) is 17.3. The van der Waals surface area contributed by atoms with Gasteiger partial charge in [0.25, 0.3) is 5.91 Å². The third kappa shape index (κ3) is 4.54. The number of amides is 1. The van der Waals surface area contributed by atoms with E-state index in [2.05, 4.69) is 4.72 Å². The molecule has 1 saturated carbocycles. The number of carbonyl (C=O) groups is 1. The zero-order chi connectivity index (χ0) is 20.3. The maximum absolute atomic E-state index is 13.3. The van der Waals surface area contributed by atoms with Gasteiger partial charge in [-0.3, -0.25) is 4.79 Å². The van der Waals surface area contributed by atoms with Crippen molar-refractivity contribution in [3.05, 3.63) is 59.2 Å². The third-order valence-corrected chi connectivity index (χ3v) is 6.39. The number of aryl methyl sites for hydroxylation is 1. The highest BCUT2D eigenvalue weighted by molar-refractivity contribution is 7.89. The number of rotatable bonds is 8. The van der Waals surface area contributed by atoms with Gasteiger partial charge in [0.1, 0.15) is 5.75 Å². The fourth-order valence-corrected chi connectivity index (χ4v) is 4.17. The predicted molar refractivity (Wildman–Crippen MR) is 108 cm³/mol. The van der Waals surface area contributed by atoms with Crippen molar-refractivity contribution in [2.75, 3.05) is 13.7 Å². The number of methoxy groups -OCH3 is 1. The molecule has 28 heavy (non-hydrogen) atoms. The molecule has 0 heterocycles. The number of nitrogens with zero attached hydrogens (tertiary/aromatic N) is 1. The molecule has 150 valence electrons. The van der Waals surface area contributed by atoms with Crippen LogP contribution in [0.4, 0.5) is 0 Å². The molecule has 2 aromatic rings. The van der Waals surface area contributed by atoms with Crippen LogP contribution >= 0.6 is 0 Å². The summed E-state index contributed by atoms with van der Waals surface area (Å²) >= 11 is 0. The van der Waals surface area contributed by atoms with E-state index in [0.29, 0.717) is 18.7 Å². The molecule has 6 nitrogen and oxygen atoms in total. The van der Waals surface area contributed by atoms with Gasteiger partial charge in [-0.15, -0.1) is 0 Å². The first-order valence-electron chi connectivity index (χ1n) is 9.40. The van der Waals surface area contributed by atoms with Crippen LogP contribution in [-0.4, -0.2) is 38.9 Å². The minimum absolute atomic E-state index is 0.114. The van der Waals surface area contributed by atoms with Crippen LogP contribution in [0.1, 0.15) is 41.3 Å². The summed E-state index contributed by atoms with van der Waals surface area (Å²) in [6.45, 7) is 4.33. The minimum atomic E-state index is -3.61. The van der Waals surface area contributed by atoms with E-state index in [9.17, 15) is 13.2 Å². The quantitative estimate of drug-likeness (QED) is 0.736. The largest absolute Gasteiger partial charge is 0.497 e. The summed E-state index contributed by atoms with van der Waals surface area (Å²) in [7, 11) is -2.00. The Bertz CT molecular complexity index is 951. The van der Waals surface area contributed by atoms with Crippen LogP contribution in [0.2, 0.25) is 0 Å². The summed E-state index contributed by atoms with van der Waals surface area (Å²) in [5, 5.41) is 0. The van der Waals surface area contributed by atoms with E-state index in [1.807, 2.05) is 36.1 Å². The molecule has 3 rings (SSSR count). The van der Waals surface area contributed by atoms with E-state index >= 15 is 0 Å². The summed E-state index contributed by atoms with van der Waals surface area (Å²) in [5.74, 6) is 0.634. The van der Waals surface area contributed by atoms with Gasteiger partial charge in [0, 0.05) is 24.7 Å². The highest BCUT2D eigenvalue weighted by Gasteiger charge is 2.34. The molecule has 0 aromatic heterocycles. The summed E-state index contributed by atoms with van der Waals surface area (Å²) in [6.07, 6.45) is 1.94. The minimum Gasteiger partial charge on any atom is -0.497 e. The number of benzene rings is 2. The van der Waals surface area contributed by atoms with E-state index < -0.39 is 10.0 Å². The van der Waals surface area contributed by atoms with Crippen molar-refractivity contribution in [3.8, 4) is 5.75 Å². The van der Waals surface area contributed by atoms with Gasteiger partial charge in [0.15, 0.2) is 0 Å². The molecule has 0 aliphatic heterocycles. The maximum atomic E-state index is 13.3. The molecular weight excluding hydrogens is 376 g/mol. The summed E-state index contributed by atoms with van der Waals surface area (Å²) in [4.78, 5) is 15.3. The molecule has 1 aliphatic carbocycles. The molecule has 1 amide bonds. The molecule has 0 saturated heterocycles. The lowest BCUT2D eigenvalue weighted by Gasteiger charge is -2.24. The summed E-state index contributed by atoms with van der Waals surface area (Å²) in [6, 6.07) is 12.5. The van der Waals surface area contributed by atoms with Crippen LogP contribution < -0.4 is 9.46 Å². The first kappa shape index (κ1) is 20.4. The molecule has 0 unspecified atom stereocenters. The van der Waals surface area contributed by atoms with Crippen LogP contribution in [0, 0.1) is 6.92 Å². The zero-order valence-electron chi connectivity index (χ0n) is 16.4. The second-order valence-corrected chi connectivity index (χ2v) is 8.76. The molecule has 0 bridgehead atoms. The van der Waals surface area contributed by atoms with E-state index in [0.717, 1.165) is 29.7 Å². The number of hydrogen-bond acceptors (Lipinski definition) is 4. The van der Waals surface area contributed by atoms with Gasteiger partial charge < -0.3 is 9.64 Å². The van der Waals surface area contributed by atoms with Crippen molar-refractivity contribution in [2.45, 2.75) is 44.2 Å². The number of carbonyl (C=O) groups excluding carboxylic acids is 1. The summed E-state index contributed by atoms with van der Waals surface area (Å²) < 4.78 is 32.3. The lowest BCUT2D eigenvalue weighted by atomic mass is 10.1. The first-order chi connectivity index (χ1) is 13.4. The third-order valence-electron chi connectivity index (χ3n) is 4.84. The second-order valence-electron chi connectivity index (χ2n) is 6.99. The van der Waals surface area contributed by atoms with Gasteiger partial charge in [0.2, 0.25) is 10.0 Å². The number of ether oxygens (including phenoxy) is 1. The van der Waals surface area contributed by atoms with Gasteiger partial charge >= 0.3 is 0 Å². The molecule has 1 aliphatic rings. The van der Waals surface area contributed by atoms with Crippen LogP contribution in [0.25, 0.3) is 0 Å². The smallest absolute Gasteiger partial charge is 0.254 e. The fourth-order valence-electron chi connectivity index (χ4n) is 3.11. The van der Waals surface area contributed by atoms with Crippen molar-refractivity contribution in [2.24, 2.45) is 0 Å². The average Bonchev–Trinajstić information content (AvgIpc) is 3.51. The normalized spacial score (nSPS) is 14.0. The van der Waals surface area contributed by atoms with Gasteiger partial charge in [-0.25, -0.2) is 13.1 Å². The Morgan fingerprint density at radius 1 is 1.18 bits per heavy atom. The Labute approximate surface area is 166 Å². The van der Waals surface area contributed by atoms with Crippen LogP contribution in [0.3, 0.4) is 0 Å². The second kappa shape index (κ2) is 8.32. The molecule has 0 radical (unpaired) electrons. The van der Waals surface area contributed by atoms with E-state index in [1.54, 1.807) is 20.1 Å². The highest BCUT2D eigenvalue weighted by atomic mass is 32.2. The van der Waals surface area contributed by atoms with Crippen molar-refractivity contribution < 1.29 is 17.9 Å². The van der Waals surface area contributed by atoms with E-state index in [1.165, 1.54) is 12.1 Å². The first-order valence-corrected chi connectivity index (χ1v) is 10.9. The number of sulfonamides is 1. The lowest BCUT2D eigenvalue weighted by Crippen LogP contribution is -2.33. The molecule has 0 atom stereocenters.